The van der Waals surface area contributed by atoms with E-state index in [1.807, 2.05) is 6.92 Å². The number of hydrogen-bond donors (Lipinski definition) is 2. The zero-order valence-corrected chi connectivity index (χ0v) is 10.7. The van der Waals surface area contributed by atoms with Crippen molar-refractivity contribution in [3.05, 3.63) is 16.1 Å². The molecule has 0 saturated carbocycles. The van der Waals surface area contributed by atoms with Crippen molar-refractivity contribution in [3.63, 3.8) is 0 Å². The van der Waals surface area contributed by atoms with Crippen LogP contribution in [-0.2, 0) is 11.3 Å². The van der Waals surface area contributed by atoms with E-state index < -0.39 is 18.0 Å². The van der Waals surface area contributed by atoms with Gasteiger partial charge in [0.25, 0.3) is 0 Å². The van der Waals surface area contributed by atoms with E-state index in [4.69, 9.17) is 5.11 Å². The number of carboxylic acids is 1. The summed E-state index contributed by atoms with van der Waals surface area (Å²) < 4.78 is 0. The summed E-state index contributed by atoms with van der Waals surface area (Å²) in [4.78, 5) is 28.7. The second kappa shape index (κ2) is 5.62. The fraction of sp³-hybridized carbons (Fsp3) is 0.500. The zero-order valence-electron chi connectivity index (χ0n) is 9.93. The number of carbonyl (C=O) groups is 2. The summed E-state index contributed by atoms with van der Waals surface area (Å²) in [5.41, 5.74) is 2.61. The lowest BCUT2D eigenvalue weighted by Gasteiger charge is -2.19. The molecule has 1 aromatic rings. The van der Waals surface area contributed by atoms with Gasteiger partial charge in [-0.3, -0.25) is 4.79 Å². The summed E-state index contributed by atoms with van der Waals surface area (Å²) in [6.07, 6.45) is 0. The minimum absolute atomic E-state index is 0.410. The van der Waals surface area contributed by atoms with Gasteiger partial charge in [-0.25, -0.2) is 9.78 Å². The second-order valence-electron chi connectivity index (χ2n) is 3.73. The first-order valence-corrected chi connectivity index (χ1v) is 5.93. The standard InChI is InChI=1S/C10H15N3O3S/c1-6-8(17-5-11-6)4-13(3)10(16)12-7(2)9(14)15/h5,7H,4H2,1-3H3,(H,12,16)(H,14,15). The minimum atomic E-state index is -1.05. The van der Waals surface area contributed by atoms with Crippen LogP contribution in [0.15, 0.2) is 5.51 Å². The molecule has 1 rings (SSSR count). The fourth-order valence-electron chi connectivity index (χ4n) is 1.12. The van der Waals surface area contributed by atoms with Gasteiger partial charge in [0.15, 0.2) is 0 Å². The SMILES string of the molecule is Cc1ncsc1CN(C)C(=O)NC(C)C(=O)O. The topological polar surface area (TPSA) is 82.5 Å². The molecule has 0 bridgehead atoms. The molecular weight excluding hydrogens is 242 g/mol. The predicted molar refractivity (Wildman–Crippen MR) is 63.9 cm³/mol. The summed E-state index contributed by atoms with van der Waals surface area (Å²) in [7, 11) is 1.61. The molecule has 0 aromatic carbocycles. The van der Waals surface area contributed by atoms with Crippen LogP contribution in [0.25, 0.3) is 0 Å². The molecule has 94 valence electrons. The van der Waals surface area contributed by atoms with Gasteiger partial charge in [0.1, 0.15) is 6.04 Å². The number of hydrogen-bond acceptors (Lipinski definition) is 4. The highest BCUT2D eigenvalue weighted by atomic mass is 32.1. The van der Waals surface area contributed by atoms with Gasteiger partial charge >= 0.3 is 12.0 Å². The lowest BCUT2D eigenvalue weighted by atomic mass is 10.3. The van der Waals surface area contributed by atoms with Crippen LogP contribution in [0.1, 0.15) is 17.5 Å². The van der Waals surface area contributed by atoms with Crippen molar-refractivity contribution in [3.8, 4) is 0 Å². The molecule has 1 unspecified atom stereocenters. The van der Waals surface area contributed by atoms with Crippen LogP contribution in [0.2, 0.25) is 0 Å². The maximum absolute atomic E-state index is 11.6. The zero-order chi connectivity index (χ0) is 13.0. The maximum Gasteiger partial charge on any atom is 0.325 e. The van der Waals surface area contributed by atoms with Crippen LogP contribution in [-0.4, -0.2) is 40.1 Å². The highest BCUT2D eigenvalue weighted by Crippen LogP contribution is 2.14. The van der Waals surface area contributed by atoms with E-state index in [2.05, 4.69) is 10.3 Å². The highest BCUT2D eigenvalue weighted by molar-refractivity contribution is 7.09. The first kappa shape index (κ1) is 13.4. The monoisotopic (exact) mass is 257 g/mol. The average molecular weight is 257 g/mol. The molecule has 2 N–H and O–H groups in total. The van der Waals surface area contributed by atoms with Crippen molar-refractivity contribution >= 4 is 23.3 Å². The molecule has 0 aliphatic rings. The summed E-state index contributed by atoms with van der Waals surface area (Å²) in [6, 6.07) is -1.31. The molecule has 1 heterocycles. The Morgan fingerprint density at radius 2 is 2.29 bits per heavy atom. The Balaban J connectivity index is 2.53. The molecule has 2 amide bonds. The smallest absolute Gasteiger partial charge is 0.325 e. The number of aryl methyl sites for hydroxylation is 1. The fourth-order valence-corrected chi connectivity index (χ4v) is 1.95. The van der Waals surface area contributed by atoms with E-state index in [0.29, 0.717) is 6.54 Å². The van der Waals surface area contributed by atoms with Crippen LogP contribution in [0, 0.1) is 6.92 Å². The lowest BCUT2D eigenvalue weighted by Crippen LogP contribution is -2.44. The van der Waals surface area contributed by atoms with Gasteiger partial charge < -0.3 is 15.3 Å². The number of amides is 2. The molecule has 7 heteroatoms. The highest BCUT2D eigenvalue weighted by Gasteiger charge is 2.17. The van der Waals surface area contributed by atoms with Crippen LogP contribution in [0.5, 0.6) is 0 Å². The molecule has 0 fully saturated rings. The van der Waals surface area contributed by atoms with Crippen molar-refractivity contribution in [2.75, 3.05) is 7.05 Å². The third-order valence-corrected chi connectivity index (χ3v) is 3.20. The predicted octanol–water partition coefficient (Wildman–Crippen LogP) is 1.07. The molecule has 0 radical (unpaired) electrons. The maximum atomic E-state index is 11.6. The number of urea groups is 1. The molecule has 1 aromatic heterocycles. The van der Waals surface area contributed by atoms with Gasteiger partial charge in [0.2, 0.25) is 0 Å². The van der Waals surface area contributed by atoms with Gasteiger partial charge in [0, 0.05) is 11.9 Å². The first-order chi connectivity index (χ1) is 7.91. The number of carbonyl (C=O) groups excluding carboxylic acids is 1. The van der Waals surface area contributed by atoms with Gasteiger partial charge in [-0.2, -0.15) is 0 Å². The van der Waals surface area contributed by atoms with Crippen LogP contribution >= 0.6 is 11.3 Å². The molecule has 0 spiro atoms. The van der Waals surface area contributed by atoms with E-state index in [-0.39, 0.29) is 0 Å². The quantitative estimate of drug-likeness (QED) is 0.845. The third kappa shape index (κ3) is 3.70. The second-order valence-corrected chi connectivity index (χ2v) is 4.67. The van der Waals surface area contributed by atoms with E-state index in [1.54, 1.807) is 12.6 Å². The number of rotatable bonds is 4. The number of aromatic nitrogens is 1. The normalized spacial score (nSPS) is 11.9. The number of thiazole rings is 1. The van der Waals surface area contributed by atoms with Gasteiger partial charge in [-0.1, -0.05) is 0 Å². The Bertz CT molecular complexity index is 419. The largest absolute Gasteiger partial charge is 0.480 e. The van der Waals surface area contributed by atoms with E-state index in [0.717, 1.165) is 10.6 Å². The molecule has 0 aliphatic heterocycles. The molecule has 0 saturated heterocycles. The Labute approximate surface area is 103 Å². The van der Waals surface area contributed by atoms with Gasteiger partial charge in [0.05, 0.1) is 17.7 Å². The van der Waals surface area contributed by atoms with E-state index in [9.17, 15) is 9.59 Å². The first-order valence-electron chi connectivity index (χ1n) is 5.05. The van der Waals surface area contributed by atoms with Crippen molar-refractivity contribution in [1.29, 1.82) is 0 Å². The van der Waals surface area contributed by atoms with Crippen molar-refractivity contribution in [2.24, 2.45) is 0 Å². The lowest BCUT2D eigenvalue weighted by molar-refractivity contribution is -0.138. The third-order valence-electron chi connectivity index (χ3n) is 2.28. The number of aliphatic carboxylic acids is 1. The number of nitrogens with one attached hydrogen (secondary N) is 1. The minimum Gasteiger partial charge on any atom is -0.480 e. The van der Waals surface area contributed by atoms with Gasteiger partial charge in [-0.05, 0) is 13.8 Å². The molecule has 17 heavy (non-hydrogen) atoms. The summed E-state index contributed by atoms with van der Waals surface area (Å²) >= 11 is 1.47. The summed E-state index contributed by atoms with van der Waals surface area (Å²) in [5.74, 6) is -1.05. The van der Waals surface area contributed by atoms with Crippen LogP contribution in [0.3, 0.4) is 0 Å². The Morgan fingerprint density at radius 1 is 1.65 bits per heavy atom. The molecule has 6 nitrogen and oxygen atoms in total. The average Bonchev–Trinajstić information content (AvgIpc) is 2.64. The van der Waals surface area contributed by atoms with Crippen LogP contribution < -0.4 is 5.32 Å². The number of nitrogens with zero attached hydrogens (tertiary/aromatic N) is 2. The summed E-state index contributed by atoms with van der Waals surface area (Å²) in [5, 5.41) is 11.1. The number of carboxylic acid groups (broad SMARTS) is 1. The molecule has 1 atom stereocenters. The van der Waals surface area contributed by atoms with Gasteiger partial charge in [-0.15, -0.1) is 11.3 Å². The van der Waals surface area contributed by atoms with Crippen molar-refractivity contribution < 1.29 is 14.7 Å². The van der Waals surface area contributed by atoms with Crippen molar-refractivity contribution in [1.82, 2.24) is 15.2 Å². The molecule has 0 aliphatic carbocycles. The van der Waals surface area contributed by atoms with E-state index >= 15 is 0 Å². The molecular formula is C10H15N3O3S. The Hall–Kier alpha value is -1.63. The van der Waals surface area contributed by atoms with E-state index in [1.165, 1.54) is 23.2 Å². The Kier molecular flexibility index (Phi) is 4.45. The van der Waals surface area contributed by atoms with Crippen LogP contribution in [0.4, 0.5) is 4.79 Å². The Morgan fingerprint density at radius 3 is 2.76 bits per heavy atom. The van der Waals surface area contributed by atoms with Crippen molar-refractivity contribution in [2.45, 2.75) is 26.4 Å². The summed E-state index contributed by atoms with van der Waals surface area (Å²) in [6.45, 7) is 3.72.